The number of benzene rings is 2. The Morgan fingerprint density at radius 2 is 1.80 bits per heavy atom. The minimum Gasteiger partial charge on any atom is -0.450 e. The summed E-state index contributed by atoms with van der Waals surface area (Å²) in [6.45, 7) is 1.71. The molecule has 0 saturated heterocycles. The van der Waals surface area contributed by atoms with Crippen LogP contribution in [0.4, 0.5) is 5.82 Å². The van der Waals surface area contributed by atoms with Crippen molar-refractivity contribution in [3.05, 3.63) is 90.4 Å². The number of rotatable bonds is 2. The molecule has 1 amide bonds. The molecule has 0 fully saturated rings. The van der Waals surface area contributed by atoms with Gasteiger partial charge in [0, 0.05) is 11.1 Å². The number of aryl methyl sites for hydroxylation is 1. The smallest absolute Gasteiger partial charge is 0.296 e. The van der Waals surface area contributed by atoms with E-state index in [2.05, 4.69) is 5.16 Å². The third kappa shape index (κ3) is 2.83. The van der Waals surface area contributed by atoms with Gasteiger partial charge in [0.2, 0.25) is 5.76 Å². The summed E-state index contributed by atoms with van der Waals surface area (Å²) in [7, 11) is 0. The Balaban J connectivity index is 1.84. The molecular weight excluding hydrogens is 451 g/mol. The molecule has 1 aliphatic heterocycles. The van der Waals surface area contributed by atoms with Gasteiger partial charge in [0.25, 0.3) is 5.91 Å². The molecule has 0 aliphatic carbocycles. The molecule has 2 aromatic heterocycles. The van der Waals surface area contributed by atoms with E-state index >= 15 is 0 Å². The molecule has 6 nitrogen and oxygen atoms in total. The van der Waals surface area contributed by atoms with Crippen LogP contribution in [0.15, 0.2) is 56.2 Å². The average Bonchev–Trinajstić information content (AvgIpc) is 3.26. The quantitative estimate of drug-likeness (QED) is 0.377. The lowest BCUT2D eigenvalue weighted by atomic mass is 9.98. The summed E-state index contributed by atoms with van der Waals surface area (Å²) in [6.07, 6.45) is 0. The first-order valence-corrected chi connectivity index (χ1v) is 9.96. The lowest BCUT2D eigenvalue weighted by Gasteiger charge is -2.22. The predicted molar refractivity (Wildman–Crippen MR) is 114 cm³/mol. The second-order valence-electron chi connectivity index (χ2n) is 6.86. The highest BCUT2D eigenvalue weighted by Crippen LogP contribution is 2.42. The van der Waals surface area contributed by atoms with Crippen LogP contribution in [-0.2, 0) is 0 Å². The highest BCUT2D eigenvalue weighted by atomic mass is 35.5. The Morgan fingerprint density at radius 1 is 1.00 bits per heavy atom. The van der Waals surface area contributed by atoms with Gasteiger partial charge in [-0.2, -0.15) is 0 Å². The van der Waals surface area contributed by atoms with Crippen molar-refractivity contribution in [1.29, 1.82) is 0 Å². The van der Waals surface area contributed by atoms with Gasteiger partial charge >= 0.3 is 0 Å². The SMILES string of the molecule is Cc1cc(N2C(=O)c3oc4ccc(Cl)cc4c(=O)c3[C@H]2c2ccc(Cl)c(Cl)c2)no1. The zero-order chi connectivity index (χ0) is 21.2. The molecule has 1 aliphatic rings. The van der Waals surface area contributed by atoms with Crippen molar-refractivity contribution in [2.24, 2.45) is 0 Å². The number of fused-ring (bicyclic) bond motifs is 2. The van der Waals surface area contributed by atoms with E-state index < -0.39 is 11.9 Å². The standard InChI is InChI=1S/C21H11Cl3N2O4/c1-9-6-16(25-30-9)26-18(10-2-4-13(23)14(24)7-10)17-19(27)12-8-11(22)3-5-15(12)29-20(17)21(26)28/h2-8,18H,1H3/t18-/m1/s1. The van der Waals surface area contributed by atoms with Gasteiger partial charge < -0.3 is 8.94 Å². The average molecular weight is 462 g/mol. The second kappa shape index (κ2) is 6.87. The van der Waals surface area contributed by atoms with Gasteiger partial charge in [-0.15, -0.1) is 0 Å². The summed E-state index contributed by atoms with van der Waals surface area (Å²) < 4.78 is 11.0. The number of halogens is 3. The van der Waals surface area contributed by atoms with E-state index in [1.54, 1.807) is 43.3 Å². The molecule has 3 heterocycles. The van der Waals surface area contributed by atoms with E-state index in [0.29, 0.717) is 26.4 Å². The minimum atomic E-state index is -0.827. The molecule has 5 rings (SSSR count). The van der Waals surface area contributed by atoms with Crippen LogP contribution in [0.5, 0.6) is 0 Å². The number of carbonyl (C=O) groups is 1. The molecule has 4 aromatic rings. The maximum absolute atomic E-state index is 13.4. The van der Waals surface area contributed by atoms with Crippen LogP contribution in [-0.4, -0.2) is 11.1 Å². The van der Waals surface area contributed by atoms with E-state index in [4.69, 9.17) is 43.7 Å². The molecule has 9 heteroatoms. The molecule has 2 aromatic carbocycles. The van der Waals surface area contributed by atoms with Crippen LogP contribution < -0.4 is 10.3 Å². The second-order valence-corrected chi connectivity index (χ2v) is 8.11. The predicted octanol–water partition coefficient (Wildman–Crippen LogP) is 5.80. The van der Waals surface area contributed by atoms with Gasteiger partial charge in [-0.1, -0.05) is 46.0 Å². The summed E-state index contributed by atoms with van der Waals surface area (Å²) in [4.78, 5) is 28.1. The van der Waals surface area contributed by atoms with Crippen molar-refractivity contribution < 1.29 is 13.7 Å². The summed E-state index contributed by atoms with van der Waals surface area (Å²) >= 11 is 18.4. The number of amides is 1. The van der Waals surface area contributed by atoms with Crippen LogP contribution in [0.25, 0.3) is 11.0 Å². The Hall–Kier alpha value is -2.80. The van der Waals surface area contributed by atoms with Crippen LogP contribution in [0.3, 0.4) is 0 Å². The monoisotopic (exact) mass is 460 g/mol. The normalized spacial score (nSPS) is 15.8. The lowest BCUT2D eigenvalue weighted by molar-refractivity contribution is 0.0969. The topological polar surface area (TPSA) is 76.6 Å². The molecule has 30 heavy (non-hydrogen) atoms. The number of carbonyl (C=O) groups excluding carboxylic acids is 1. The van der Waals surface area contributed by atoms with Gasteiger partial charge in [-0.3, -0.25) is 14.5 Å². The molecule has 0 spiro atoms. The van der Waals surface area contributed by atoms with Crippen LogP contribution in [0.1, 0.15) is 33.5 Å². The van der Waals surface area contributed by atoms with E-state index in [-0.39, 0.29) is 33.5 Å². The molecule has 0 saturated carbocycles. The van der Waals surface area contributed by atoms with Crippen molar-refractivity contribution in [1.82, 2.24) is 5.16 Å². The third-order valence-electron chi connectivity index (χ3n) is 4.95. The first-order chi connectivity index (χ1) is 14.3. The van der Waals surface area contributed by atoms with Gasteiger partial charge in [-0.05, 0) is 42.8 Å². The molecular formula is C21H11Cl3N2O4. The third-order valence-corrected chi connectivity index (χ3v) is 5.93. The van der Waals surface area contributed by atoms with Gasteiger partial charge in [0.05, 0.1) is 27.0 Å². The maximum Gasteiger partial charge on any atom is 0.296 e. The number of nitrogens with zero attached hydrogens (tertiary/aromatic N) is 2. The van der Waals surface area contributed by atoms with Gasteiger partial charge in [0.15, 0.2) is 11.2 Å². The molecule has 150 valence electrons. The lowest BCUT2D eigenvalue weighted by Crippen LogP contribution is -2.29. The van der Waals surface area contributed by atoms with E-state index in [9.17, 15) is 9.59 Å². The van der Waals surface area contributed by atoms with Crippen molar-refractivity contribution >= 4 is 57.5 Å². The van der Waals surface area contributed by atoms with E-state index in [1.165, 1.54) is 11.0 Å². The number of hydrogen-bond donors (Lipinski definition) is 0. The Labute approximate surface area is 184 Å². The van der Waals surface area contributed by atoms with Crippen LogP contribution >= 0.6 is 34.8 Å². The van der Waals surface area contributed by atoms with Crippen molar-refractivity contribution in [3.63, 3.8) is 0 Å². The summed E-state index contributed by atoms with van der Waals surface area (Å²) in [5, 5.41) is 5.27. The summed E-state index contributed by atoms with van der Waals surface area (Å²) in [6, 6.07) is 10.4. The Kier molecular flexibility index (Phi) is 4.39. The van der Waals surface area contributed by atoms with Crippen molar-refractivity contribution in [3.8, 4) is 0 Å². The number of aromatic nitrogens is 1. The largest absolute Gasteiger partial charge is 0.450 e. The Bertz CT molecular complexity index is 1410. The van der Waals surface area contributed by atoms with E-state index in [1.807, 2.05) is 0 Å². The number of hydrogen-bond acceptors (Lipinski definition) is 5. The first-order valence-electron chi connectivity index (χ1n) is 8.83. The van der Waals surface area contributed by atoms with Gasteiger partial charge in [-0.25, -0.2) is 0 Å². The van der Waals surface area contributed by atoms with Gasteiger partial charge in [0.1, 0.15) is 11.3 Å². The van der Waals surface area contributed by atoms with Crippen LogP contribution in [0, 0.1) is 6.92 Å². The minimum absolute atomic E-state index is 0.0634. The fourth-order valence-corrected chi connectivity index (χ4v) is 4.12. The number of anilines is 1. The fourth-order valence-electron chi connectivity index (χ4n) is 3.65. The molecule has 0 unspecified atom stereocenters. The van der Waals surface area contributed by atoms with Crippen molar-refractivity contribution in [2.45, 2.75) is 13.0 Å². The zero-order valence-electron chi connectivity index (χ0n) is 15.3. The Morgan fingerprint density at radius 3 is 2.50 bits per heavy atom. The zero-order valence-corrected chi connectivity index (χ0v) is 17.5. The molecule has 0 bridgehead atoms. The molecule has 0 N–H and O–H groups in total. The summed E-state index contributed by atoms with van der Waals surface area (Å²) in [5.74, 6) is 0.189. The fraction of sp³-hybridized carbons (Fsp3) is 0.0952. The highest BCUT2D eigenvalue weighted by Gasteiger charge is 2.45. The molecule has 0 radical (unpaired) electrons. The highest BCUT2D eigenvalue weighted by molar-refractivity contribution is 6.42. The van der Waals surface area contributed by atoms with E-state index in [0.717, 1.165) is 0 Å². The van der Waals surface area contributed by atoms with Crippen LogP contribution in [0.2, 0.25) is 15.1 Å². The maximum atomic E-state index is 13.4. The summed E-state index contributed by atoms with van der Waals surface area (Å²) in [5.41, 5.74) is 0.656. The molecule has 1 atom stereocenters. The van der Waals surface area contributed by atoms with Crippen molar-refractivity contribution in [2.75, 3.05) is 4.90 Å². The first kappa shape index (κ1) is 19.2.